The Kier molecular flexibility index (Phi) is 13.7. The molecule has 0 spiro atoms. The van der Waals surface area contributed by atoms with E-state index in [4.69, 9.17) is 32.6 Å². The zero-order chi connectivity index (χ0) is 35.5. The summed E-state index contributed by atoms with van der Waals surface area (Å²) in [5.74, 6) is 0.955. The Balaban J connectivity index is 1.25. The molecule has 12 heteroatoms. The molecular weight excluding hydrogens is 693 g/mol. The largest absolute Gasteiger partial charge is 0.726 e. The van der Waals surface area contributed by atoms with Gasteiger partial charge in [0.05, 0.1) is 33.0 Å². The van der Waals surface area contributed by atoms with Gasteiger partial charge in [0.1, 0.15) is 42.0 Å². The average Bonchev–Trinajstić information content (AvgIpc) is 3.65. The van der Waals surface area contributed by atoms with Gasteiger partial charge in [0.25, 0.3) is 0 Å². The quantitative estimate of drug-likeness (QED) is 0.0768. The topological polar surface area (TPSA) is 122 Å². The van der Waals surface area contributed by atoms with Crippen LogP contribution in [-0.4, -0.2) is 80.3 Å². The van der Waals surface area contributed by atoms with Gasteiger partial charge in [0.2, 0.25) is 10.4 Å². The second-order valence-corrected chi connectivity index (χ2v) is 15.9. The summed E-state index contributed by atoms with van der Waals surface area (Å²) in [4.78, 5) is 0. The van der Waals surface area contributed by atoms with E-state index in [1.165, 1.54) is 7.11 Å². The van der Waals surface area contributed by atoms with Crippen molar-refractivity contribution in [3.8, 4) is 0 Å². The molecule has 1 unspecified atom stereocenters. The van der Waals surface area contributed by atoms with E-state index in [1.807, 2.05) is 121 Å². The zero-order valence-electron chi connectivity index (χ0n) is 28.4. The van der Waals surface area contributed by atoms with Gasteiger partial charge < -0.3 is 33.0 Å². The molecule has 8 atom stereocenters. The number of methoxy groups -OCH3 is 1. The fraction of sp³-hybridized carbons (Fsp3) is 0.385. The number of hydrogen-bond donors (Lipinski definition) is 0. The summed E-state index contributed by atoms with van der Waals surface area (Å²) in [7, 11) is -4.16. The zero-order valence-corrected chi connectivity index (χ0v) is 30.1. The number of ether oxygens (including phenoxy) is 6. The maximum atomic E-state index is 12.1. The Morgan fingerprint density at radius 2 is 1.14 bits per heavy atom. The molecule has 10 nitrogen and oxygen atoms in total. The Morgan fingerprint density at radius 1 is 0.667 bits per heavy atom. The molecule has 4 aromatic carbocycles. The molecule has 272 valence electrons. The fourth-order valence-corrected chi connectivity index (χ4v) is 9.89. The van der Waals surface area contributed by atoms with Crippen LogP contribution in [0.3, 0.4) is 0 Å². The van der Waals surface area contributed by atoms with Crippen molar-refractivity contribution in [3.63, 3.8) is 0 Å². The molecular formula is C39H44O10S2. The van der Waals surface area contributed by atoms with Crippen molar-refractivity contribution >= 4 is 21.3 Å². The third-order valence-electron chi connectivity index (χ3n) is 8.92. The second-order valence-electron chi connectivity index (χ2n) is 12.5. The summed E-state index contributed by atoms with van der Waals surface area (Å²) < 4.78 is 79.1. The van der Waals surface area contributed by atoms with Crippen LogP contribution in [0.4, 0.5) is 0 Å². The van der Waals surface area contributed by atoms with Crippen molar-refractivity contribution in [2.75, 3.05) is 25.2 Å². The first kappa shape index (κ1) is 37.6. The maximum absolute atomic E-state index is 12.1. The minimum Gasteiger partial charge on any atom is -0.726 e. The summed E-state index contributed by atoms with van der Waals surface area (Å²) >= 11 is 0. The van der Waals surface area contributed by atoms with Crippen LogP contribution in [-0.2, 0) is 80.3 Å². The highest BCUT2D eigenvalue weighted by atomic mass is 32.3. The van der Waals surface area contributed by atoms with Gasteiger partial charge in [-0.3, -0.25) is 4.18 Å². The standard InChI is InChI=1S/C39H44O10S2/c1-43-39-38(47-25-32-20-12-5-13-21-32)37(49-51(40,41)42)34(48-39)28-50-27-33(45-23-30-16-8-3-9-17-30)36(46-24-31-18-10-4-11-19-31)35(50)26-44-22-29-14-6-2-7-15-29/h2-21,33-39H,22-28H2,1H3/t33-,34-,35-,36+,37-,38+,39+,50?/m1/s1. The predicted octanol–water partition coefficient (Wildman–Crippen LogP) is 5.18. The molecule has 51 heavy (non-hydrogen) atoms. The number of hydrogen-bond acceptors (Lipinski definition) is 10. The minimum atomic E-state index is -5.12. The lowest BCUT2D eigenvalue weighted by molar-refractivity contribution is -0.162. The van der Waals surface area contributed by atoms with Crippen LogP contribution in [0.5, 0.6) is 0 Å². The summed E-state index contributed by atoms with van der Waals surface area (Å²) in [6.07, 6.45) is -4.64. The van der Waals surface area contributed by atoms with Gasteiger partial charge in [-0.2, -0.15) is 0 Å². The Bertz CT molecular complexity index is 1700. The highest BCUT2D eigenvalue weighted by Crippen LogP contribution is 2.36. The minimum absolute atomic E-state index is 0.142. The normalized spacial score (nSPS) is 26.4. The predicted molar refractivity (Wildman–Crippen MR) is 192 cm³/mol. The SMILES string of the molecule is CO[C@H]1O[C@H](C[S+]2C[C@@H](OCc3ccccc3)[C@H](OCc3ccccc3)[C@H]2COCc2ccccc2)[C@@H](OS(=O)(=O)[O-])[C@@H]1OCc1ccccc1. The summed E-state index contributed by atoms with van der Waals surface area (Å²) in [6, 6.07) is 39.3. The second kappa shape index (κ2) is 18.6. The number of benzene rings is 4. The molecule has 0 aromatic heterocycles. The van der Waals surface area contributed by atoms with Crippen molar-refractivity contribution in [1.82, 2.24) is 0 Å². The molecule has 2 aliphatic heterocycles. The molecule has 2 aliphatic rings. The Morgan fingerprint density at radius 3 is 1.63 bits per heavy atom. The van der Waals surface area contributed by atoms with E-state index in [1.54, 1.807) is 0 Å². The van der Waals surface area contributed by atoms with Crippen molar-refractivity contribution in [2.45, 2.75) is 68.5 Å². The van der Waals surface area contributed by atoms with Crippen LogP contribution < -0.4 is 0 Å². The highest BCUT2D eigenvalue weighted by Gasteiger charge is 2.57. The molecule has 0 amide bonds. The van der Waals surface area contributed by atoms with E-state index in [9.17, 15) is 13.0 Å². The molecule has 6 rings (SSSR count). The van der Waals surface area contributed by atoms with Gasteiger partial charge in [-0.15, -0.1) is 0 Å². The first-order valence-electron chi connectivity index (χ1n) is 16.9. The first-order chi connectivity index (χ1) is 24.9. The van der Waals surface area contributed by atoms with Crippen LogP contribution in [0.1, 0.15) is 22.3 Å². The summed E-state index contributed by atoms with van der Waals surface area (Å²) in [5.41, 5.74) is 3.98. The smallest absolute Gasteiger partial charge is 0.218 e. The Labute approximate surface area is 303 Å². The van der Waals surface area contributed by atoms with Crippen LogP contribution in [0.25, 0.3) is 0 Å². The molecule has 0 aliphatic carbocycles. The van der Waals surface area contributed by atoms with Gasteiger partial charge in [-0.1, -0.05) is 121 Å². The van der Waals surface area contributed by atoms with Gasteiger partial charge in [0.15, 0.2) is 11.5 Å². The van der Waals surface area contributed by atoms with E-state index in [0.29, 0.717) is 37.9 Å². The Hall–Kier alpha value is -3.14. The molecule has 4 aromatic rings. The third kappa shape index (κ3) is 10.9. The lowest BCUT2D eigenvalue weighted by atomic mass is 10.1. The van der Waals surface area contributed by atoms with Crippen LogP contribution >= 0.6 is 0 Å². The molecule has 2 heterocycles. The van der Waals surface area contributed by atoms with Crippen molar-refractivity contribution in [2.24, 2.45) is 0 Å². The van der Waals surface area contributed by atoms with Crippen molar-refractivity contribution < 1.29 is 45.6 Å². The third-order valence-corrected chi connectivity index (χ3v) is 12.1. The van der Waals surface area contributed by atoms with E-state index < -0.39 is 45.9 Å². The average molecular weight is 737 g/mol. The molecule has 2 fully saturated rings. The molecule has 0 bridgehead atoms. The van der Waals surface area contributed by atoms with E-state index >= 15 is 0 Å². The van der Waals surface area contributed by atoms with Crippen LogP contribution in [0.15, 0.2) is 121 Å². The monoisotopic (exact) mass is 736 g/mol. The van der Waals surface area contributed by atoms with Gasteiger partial charge in [-0.25, -0.2) is 8.42 Å². The molecule has 2 saturated heterocycles. The lowest BCUT2D eigenvalue weighted by Crippen LogP contribution is -2.44. The maximum Gasteiger partial charge on any atom is 0.218 e. The van der Waals surface area contributed by atoms with Gasteiger partial charge in [0, 0.05) is 18.0 Å². The number of rotatable bonds is 18. The van der Waals surface area contributed by atoms with E-state index in [2.05, 4.69) is 0 Å². The van der Waals surface area contributed by atoms with Gasteiger partial charge >= 0.3 is 0 Å². The van der Waals surface area contributed by atoms with Crippen LogP contribution in [0, 0.1) is 0 Å². The molecule has 0 saturated carbocycles. The fourth-order valence-electron chi connectivity index (χ4n) is 6.43. The highest BCUT2D eigenvalue weighted by molar-refractivity contribution is 7.97. The summed E-state index contributed by atoms with van der Waals surface area (Å²) in [6.45, 7) is 1.70. The van der Waals surface area contributed by atoms with Crippen molar-refractivity contribution in [1.29, 1.82) is 0 Å². The van der Waals surface area contributed by atoms with E-state index in [0.717, 1.165) is 22.3 Å². The first-order valence-corrected chi connectivity index (χ1v) is 19.9. The lowest BCUT2D eigenvalue weighted by Gasteiger charge is -2.25. The van der Waals surface area contributed by atoms with E-state index in [-0.39, 0.29) is 24.1 Å². The van der Waals surface area contributed by atoms with Crippen molar-refractivity contribution in [3.05, 3.63) is 144 Å². The summed E-state index contributed by atoms with van der Waals surface area (Å²) in [5, 5.41) is -0.142. The molecule has 0 N–H and O–H groups in total. The van der Waals surface area contributed by atoms with Crippen LogP contribution in [0.2, 0.25) is 0 Å². The molecule has 0 radical (unpaired) electrons. The van der Waals surface area contributed by atoms with Gasteiger partial charge in [-0.05, 0) is 22.3 Å².